The molecule has 1 aromatic carbocycles. The van der Waals surface area contributed by atoms with E-state index in [0.29, 0.717) is 0 Å². The number of thiazole rings is 1. The second-order valence-electron chi connectivity index (χ2n) is 6.44. The summed E-state index contributed by atoms with van der Waals surface area (Å²) in [4.78, 5) is 19.2. The third-order valence-electron chi connectivity index (χ3n) is 3.34. The predicted octanol–water partition coefficient (Wildman–Crippen LogP) is 3.82. The molecule has 0 aliphatic carbocycles. The fourth-order valence-corrected chi connectivity index (χ4v) is 3.13. The number of benzene rings is 1. The van der Waals surface area contributed by atoms with Crippen molar-refractivity contribution in [2.75, 3.05) is 14.1 Å². The zero-order valence-electron chi connectivity index (χ0n) is 13.0. The highest BCUT2D eigenvalue weighted by atomic mass is 32.1. The molecule has 1 unspecified atom stereocenters. The van der Waals surface area contributed by atoms with Gasteiger partial charge in [0.25, 0.3) is 0 Å². The van der Waals surface area contributed by atoms with E-state index in [1.807, 2.05) is 58.8 Å². The van der Waals surface area contributed by atoms with Crippen LogP contribution in [0.4, 0.5) is 0 Å². The Morgan fingerprint density at radius 1 is 1.30 bits per heavy atom. The van der Waals surface area contributed by atoms with E-state index < -0.39 is 0 Å². The number of aryl methyl sites for hydroxylation is 1. The van der Waals surface area contributed by atoms with Crippen LogP contribution in [0.3, 0.4) is 0 Å². The van der Waals surface area contributed by atoms with Gasteiger partial charge in [-0.05, 0) is 38.7 Å². The average Bonchev–Trinajstić information content (AvgIpc) is 2.66. The number of aromatic nitrogens is 1. The van der Waals surface area contributed by atoms with Gasteiger partial charge in [-0.3, -0.25) is 9.69 Å². The summed E-state index contributed by atoms with van der Waals surface area (Å²) in [5, 5.41) is 1.06. The van der Waals surface area contributed by atoms with Crippen LogP contribution in [0.1, 0.15) is 37.4 Å². The Morgan fingerprint density at radius 2 is 1.95 bits per heavy atom. The Labute approximate surface area is 124 Å². The zero-order valence-corrected chi connectivity index (χ0v) is 13.8. The highest BCUT2D eigenvalue weighted by molar-refractivity contribution is 7.18. The summed E-state index contributed by atoms with van der Waals surface area (Å²) in [6, 6.07) is 5.95. The van der Waals surface area contributed by atoms with E-state index >= 15 is 0 Å². The fourth-order valence-electron chi connectivity index (χ4n) is 2.32. The molecule has 20 heavy (non-hydrogen) atoms. The summed E-state index contributed by atoms with van der Waals surface area (Å²) in [5.41, 5.74) is 1.65. The van der Waals surface area contributed by atoms with E-state index in [9.17, 15) is 4.79 Å². The quantitative estimate of drug-likeness (QED) is 0.861. The summed E-state index contributed by atoms with van der Waals surface area (Å²) in [5.74, 6) is 0.230. The minimum Gasteiger partial charge on any atom is -0.297 e. The van der Waals surface area contributed by atoms with Gasteiger partial charge in [0, 0.05) is 5.41 Å². The molecule has 0 spiro atoms. The molecule has 0 aliphatic rings. The topological polar surface area (TPSA) is 33.2 Å². The van der Waals surface area contributed by atoms with Crippen molar-refractivity contribution < 1.29 is 4.79 Å². The monoisotopic (exact) mass is 290 g/mol. The molecule has 1 atom stereocenters. The maximum Gasteiger partial charge on any atom is 0.159 e. The Balaban J connectivity index is 2.49. The van der Waals surface area contributed by atoms with Crippen molar-refractivity contribution in [1.29, 1.82) is 0 Å². The minimum absolute atomic E-state index is 0.221. The molecule has 1 heterocycles. The highest BCUT2D eigenvalue weighted by Crippen LogP contribution is 2.31. The zero-order chi connectivity index (χ0) is 15.1. The third kappa shape index (κ3) is 2.91. The number of nitrogens with zero attached hydrogens (tertiary/aromatic N) is 2. The van der Waals surface area contributed by atoms with Crippen LogP contribution >= 0.6 is 11.3 Å². The van der Waals surface area contributed by atoms with E-state index in [1.54, 1.807) is 11.3 Å². The number of Topliss-reactive ketones (excluding diaryl/α,β-unsaturated/α-hetero) is 1. The molecule has 4 heteroatoms. The molecule has 0 saturated heterocycles. The van der Waals surface area contributed by atoms with Gasteiger partial charge in [-0.15, -0.1) is 11.3 Å². The van der Waals surface area contributed by atoms with Crippen LogP contribution in [0.25, 0.3) is 10.2 Å². The first kappa shape index (κ1) is 15.1. The number of hydrogen-bond donors (Lipinski definition) is 0. The molecule has 0 fully saturated rings. The summed E-state index contributed by atoms with van der Waals surface area (Å²) >= 11 is 1.69. The maximum absolute atomic E-state index is 12.7. The van der Waals surface area contributed by atoms with Gasteiger partial charge in [-0.2, -0.15) is 0 Å². The van der Waals surface area contributed by atoms with E-state index in [1.165, 1.54) is 4.70 Å². The van der Waals surface area contributed by atoms with Gasteiger partial charge in [-0.25, -0.2) is 4.98 Å². The van der Waals surface area contributed by atoms with Crippen LogP contribution in [0.2, 0.25) is 0 Å². The second kappa shape index (κ2) is 5.26. The number of hydrogen-bond acceptors (Lipinski definition) is 4. The summed E-state index contributed by atoms with van der Waals surface area (Å²) in [6.45, 7) is 7.92. The van der Waals surface area contributed by atoms with E-state index in [2.05, 4.69) is 11.1 Å². The van der Waals surface area contributed by atoms with Crippen molar-refractivity contribution in [2.24, 2.45) is 5.41 Å². The SMILES string of the molecule is Cc1nc2cc(C(C(=O)C(C)(C)C)N(C)C)ccc2s1. The normalized spacial score (nSPS) is 13.9. The lowest BCUT2D eigenvalue weighted by atomic mass is 9.83. The van der Waals surface area contributed by atoms with Crippen molar-refractivity contribution in [1.82, 2.24) is 9.88 Å². The number of carbonyl (C=O) groups is 1. The summed E-state index contributed by atoms with van der Waals surface area (Å²) in [7, 11) is 3.90. The predicted molar refractivity (Wildman–Crippen MR) is 85.2 cm³/mol. The van der Waals surface area contributed by atoms with Crippen LogP contribution in [0.5, 0.6) is 0 Å². The lowest BCUT2D eigenvalue weighted by molar-refractivity contribution is -0.131. The molecule has 0 radical (unpaired) electrons. The van der Waals surface area contributed by atoms with Crippen molar-refractivity contribution in [3.63, 3.8) is 0 Å². The largest absolute Gasteiger partial charge is 0.297 e. The van der Waals surface area contributed by atoms with Gasteiger partial charge < -0.3 is 0 Å². The first-order valence-corrected chi connectivity index (χ1v) is 7.59. The van der Waals surface area contributed by atoms with E-state index in [4.69, 9.17) is 0 Å². The van der Waals surface area contributed by atoms with Gasteiger partial charge in [0.2, 0.25) is 0 Å². The second-order valence-corrected chi connectivity index (χ2v) is 7.68. The van der Waals surface area contributed by atoms with Crippen LogP contribution in [0.15, 0.2) is 18.2 Å². The van der Waals surface area contributed by atoms with Crippen molar-refractivity contribution in [3.05, 3.63) is 28.8 Å². The summed E-state index contributed by atoms with van der Waals surface area (Å²) in [6.07, 6.45) is 0. The Hall–Kier alpha value is -1.26. The standard InChI is InChI=1S/C16H22N2OS/c1-10-17-12-9-11(7-8-13(12)20-10)14(18(5)6)15(19)16(2,3)4/h7-9,14H,1-6H3. The Morgan fingerprint density at radius 3 is 2.50 bits per heavy atom. The fraction of sp³-hybridized carbons (Fsp3) is 0.500. The third-order valence-corrected chi connectivity index (χ3v) is 4.29. The number of ketones is 1. The van der Waals surface area contributed by atoms with Gasteiger partial charge in [0.15, 0.2) is 5.78 Å². The summed E-state index contributed by atoms with van der Waals surface area (Å²) < 4.78 is 1.17. The highest BCUT2D eigenvalue weighted by Gasteiger charge is 2.32. The first-order chi connectivity index (χ1) is 9.20. The Kier molecular flexibility index (Phi) is 3.98. The average molecular weight is 290 g/mol. The van der Waals surface area contributed by atoms with E-state index in [0.717, 1.165) is 16.1 Å². The molecule has 0 saturated carbocycles. The van der Waals surface area contributed by atoms with Crippen molar-refractivity contribution >= 4 is 27.3 Å². The van der Waals surface area contributed by atoms with Crippen LogP contribution in [-0.4, -0.2) is 29.8 Å². The molecular formula is C16H22N2OS. The minimum atomic E-state index is -0.359. The molecule has 0 bridgehead atoms. The molecule has 3 nitrogen and oxygen atoms in total. The molecule has 0 aliphatic heterocycles. The smallest absolute Gasteiger partial charge is 0.159 e. The number of carbonyl (C=O) groups excluding carboxylic acids is 1. The Bertz CT molecular complexity index is 637. The van der Waals surface area contributed by atoms with Crippen LogP contribution < -0.4 is 0 Å². The number of likely N-dealkylation sites (N-methyl/N-ethyl adjacent to an activating group) is 1. The molecule has 0 amide bonds. The maximum atomic E-state index is 12.7. The molecule has 2 aromatic rings. The molecular weight excluding hydrogens is 268 g/mol. The first-order valence-electron chi connectivity index (χ1n) is 6.78. The van der Waals surface area contributed by atoms with Gasteiger partial charge >= 0.3 is 0 Å². The lowest BCUT2D eigenvalue weighted by Crippen LogP contribution is -2.35. The number of rotatable bonds is 3. The van der Waals surface area contributed by atoms with Crippen molar-refractivity contribution in [3.8, 4) is 0 Å². The molecule has 1 aromatic heterocycles. The molecule has 0 N–H and O–H groups in total. The van der Waals surface area contributed by atoms with Crippen molar-refractivity contribution in [2.45, 2.75) is 33.7 Å². The van der Waals surface area contributed by atoms with Gasteiger partial charge in [0.1, 0.15) is 0 Å². The molecule has 108 valence electrons. The van der Waals surface area contributed by atoms with E-state index in [-0.39, 0.29) is 17.2 Å². The lowest BCUT2D eigenvalue weighted by Gasteiger charge is -2.29. The van der Waals surface area contributed by atoms with Gasteiger partial charge in [-0.1, -0.05) is 26.8 Å². The van der Waals surface area contributed by atoms with Crippen LogP contribution in [-0.2, 0) is 4.79 Å². The number of fused-ring (bicyclic) bond motifs is 1. The molecule has 2 rings (SSSR count). The van der Waals surface area contributed by atoms with Gasteiger partial charge in [0.05, 0.1) is 21.3 Å². The van der Waals surface area contributed by atoms with Crippen LogP contribution in [0, 0.1) is 12.3 Å².